The Morgan fingerprint density at radius 2 is 1.22 bits per heavy atom. The molecule has 0 amide bonds. The van der Waals surface area contributed by atoms with Crippen molar-refractivity contribution in [1.82, 2.24) is 4.90 Å². The summed E-state index contributed by atoms with van der Waals surface area (Å²) in [5.41, 5.74) is 0.779. The van der Waals surface area contributed by atoms with Crippen LogP contribution < -0.4 is 0 Å². The van der Waals surface area contributed by atoms with Gasteiger partial charge in [0.1, 0.15) is 0 Å². The van der Waals surface area contributed by atoms with Gasteiger partial charge in [-0.3, -0.25) is 14.5 Å². The number of carboxylic acid groups (broad SMARTS) is 2. The Morgan fingerprint density at radius 3 is 1.48 bits per heavy atom. The summed E-state index contributed by atoms with van der Waals surface area (Å²) in [7, 11) is 0. The largest absolute Gasteiger partial charge is 0.481 e. The third-order valence-electron chi connectivity index (χ3n) is 4.16. The molecule has 1 fully saturated rings. The number of likely N-dealkylation sites (tertiary alicyclic amines) is 1. The molecule has 136 valence electrons. The summed E-state index contributed by atoms with van der Waals surface area (Å²) in [5, 5.41) is 25.0. The molecule has 0 aromatic rings. The van der Waals surface area contributed by atoms with E-state index in [1.807, 2.05) is 0 Å². The first-order valence-corrected chi connectivity index (χ1v) is 8.06. The molecule has 0 aromatic heterocycles. The molecule has 1 rings (SSSR count). The fraction of sp³-hybridized carbons (Fsp3) is 0.882. The van der Waals surface area contributed by atoms with Gasteiger partial charge < -0.3 is 15.3 Å². The van der Waals surface area contributed by atoms with Crippen molar-refractivity contribution in [1.29, 1.82) is 0 Å². The zero-order valence-electron chi connectivity index (χ0n) is 15.3. The first-order chi connectivity index (χ1) is 10.2. The molecule has 1 aliphatic rings. The highest BCUT2D eigenvalue weighted by Gasteiger charge is 2.47. The Balaban J connectivity index is 0.000000515. The van der Waals surface area contributed by atoms with Gasteiger partial charge in [-0.2, -0.15) is 0 Å². The Labute approximate surface area is 139 Å². The third kappa shape index (κ3) is 7.79. The Bertz CT molecular complexity index is 381. The maximum atomic E-state index is 9.64. The summed E-state index contributed by atoms with van der Waals surface area (Å²) >= 11 is 0. The standard InChI is InChI=1S/C13H27NO.C4H6O4/c1-11(2)9-12(3,4)14(7-8-15)13(5,6)10-11;5-3(6)1-2-4(7)8/h15H,7-10H2,1-6H3;1-2H2,(H,5,6)(H,7,8). The summed E-state index contributed by atoms with van der Waals surface area (Å²) in [6, 6.07) is 0. The zero-order valence-corrected chi connectivity index (χ0v) is 15.3. The molecule has 1 aliphatic heterocycles. The van der Waals surface area contributed by atoms with Gasteiger partial charge in [-0.25, -0.2) is 0 Å². The molecule has 0 aromatic carbocycles. The number of hydrogen-bond acceptors (Lipinski definition) is 4. The molecule has 1 saturated heterocycles. The number of carbonyl (C=O) groups is 2. The number of piperidine rings is 1. The first kappa shape index (κ1) is 21.9. The molecule has 0 radical (unpaired) electrons. The van der Waals surface area contributed by atoms with Crippen molar-refractivity contribution in [2.75, 3.05) is 13.2 Å². The number of aliphatic carboxylic acids is 2. The monoisotopic (exact) mass is 331 g/mol. The van der Waals surface area contributed by atoms with Crippen molar-refractivity contribution in [3.8, 4) is 0 Å². The average Bonchev–Trinajstić information content (AvgIpc) is 2.29. The number of nitrogens with zero attached hydrogens (tertiary/aromatic N) is 1. The number of aliphatic hydroxyl groups excluding tert-OH is 1. The minimum absolute atomic E-state index is 0.188. The SMILES string of the molecule is CC1(C)CC(C)(C)N(CCO)C(C)(C)C1.O=C(O)CCC(=O)O. The number of β-amino-alcohol motifs (C(OH)–C–C–N with tert-alkyl or cyclic N) is 1. The Kier molecular flexibility index (Phi) is 7.70. The third-order valence-corrected chi connectivity index (χ3v) is 4.16. The molecule has 6 nitrogen and oxygen atoms in total. The summed E-state index contributed by atoms with van der Waals surface area (Å²) in [5.74, 6) is -2.15. The van der Waals surface area contributed by atoms with E-state index in [0.717, 1.165) is 6.54 Å². The quantitative estimate of drug-likeness (QED) is 0.716. The lowest BCUT2D eigenvalue weighted by atomic mass is 9.66. The van der Waals surface area contributed by atoms with Crippen LogP contribution in [-0.2, 0) is 9.59 Å². The van der Waals surface area contributed by atoms with E-state index in [0.29, 0.717) is 5.41 Å². The first-order valence-electron chi connectivity index (χ1n) is 8.06. The van der Waals surface area contributed by atoms with Crippen LogP contribution in [0.2, 0.25) is 0 Å². The molecule has 6 heteroatoms. The van der Waals surface area contributed by atoms with Crippen molar-refractivity contribution in [2.45, 2.75) is 78.3 Å². The van der Waals surface area contributed by atoms with E-state index >= 15 is 0 Å². The highest BCUT2D eigenvalue weighted by Crippen LogP contribution is 2.47. The molecule has 0 atom stereocenters. The highest BCUT2D eigenvalue weighted by atomic mass is 16.4. The van der Waals surface area contributed by atoms with Gasteiger partial charge in [0.25, 0.3) is 0 Å². The van der Waals surface area contributed by atoms with Crippen LogP contribution in [0.4, 0.5) is 0 Å². The van der Waals surface area contributed by atoms with E-state index in [1.165, 1.54) is 12.8 Å². The van der Waals surface area contributed by atoms with Crippen LogP contribution in [0.5, 0.6) is 0 Å². The van der Waals surface area contributed by atoms with E-state index < -0.39 is 11.9 Å². The maximum Gasteiger partial charge on any atom is 0.303 e. The second-order valence-corrected chi connectivity index (χ2v) is 8.31. The smallest absolute Gasteiger partial charge is 0.303 e. The second kappa shape index (κ2) is 8.11. The van der Waals surface area contributed by atoms with Crippen LogP contribution in [0.1, 0.15) is 67.2 Å². The van der Waals surface area contributed by atoms with Gasteiger partial charge >= 0.3 is 11.9 Å². The van der Waals surface area contributed by atoms with Crippen molar-refractivity contribution < 1.29 is 24.9 Å². The minimum atomic E-state index is -1.08. The summed E-state index contributed by atoms with van der Waals surface area (Å²) in [4.78, 5) is 21.7. The van der Waals surface area contributed by atoms with Crippen LogP contribution >= 0.6 is 0 Å². The molecule has 0 unspecified atom stereocenters. The summed E-state index contributed by atoms with van der Waals surface area (Å²) < 4.78 is 0. The van der Waals surface area contributed by atoms with Crippen LogP contribution in [-0.4, -0.2) is 56.4 Å². The van der Waals surface area contributed by atoms with Gasteiger partial charge in [-0.1, -0.05) is 13.8 Å². The van der Waals surface area contributed by atoms with E-state index in [9.17, 15) is 14.7 Å². The van der Waals surface area contributed by atoms with Gasteiger partial charge in [-0.15, -0.1) is 0 Å². The topological polar surface area (TPSA) is 98.1 Å². The lowest BCUT2D eigenvalue weighted by molar-refractivity contribution is -0.143. The van der Waals surface area contributed by atoms with Gasteiger partial charge in [-0.05, 0) is 46.0 Å². The normalized spacial score (nSPS) is 21.9. The van der Waals surface area contributed by atoms with Crippen LogP contribution in [0.3, 0.4) is 0 Å². The average molecular weight is 331 g/mol. The molecular formula is C17H33NO5. The van der Waals surface area contributed by atoms with E-state index in [1.54, 1.807) is 0 Å². The predicted molar refractivity (Wildman–Crippen MR) is 89.5 cm³/mol. The lowest BCUT2D eigenvalue weighted by Gasteiger charge is -2.58. The van der Waals surface area contributed by atoms with E-state index in [-0.39, 0.29) is 30.5 Å². The second-order valence-electron chi connectivity index (χ2n) is 8.31. The molecule has 1 heterocycles. The van der Waals surface area contributed by atoms with E-state index in [4.69, 9.17) is 10.2 Å². The van der Waals surface area contributed by atoms with Gasteiger partial charge in [0.15, 0.2) is 0 Å². The summed E-state index contributed by atoms with van der Waals surface area (Å²) in [6.07, 6.45) is 1.80. The molecule has 0 saturated carbocycles. The zero-order chi connectivity index (χ0) is 18.5. The number of carboxylic acids is 2. The van der Waals surface area contributed by atoms with Crippen molar-refractivity contribution >= 4 is 11.9 Å². The Hall–Kier alpha value is -1.14. The van der Waals surface area contributed by atoms with Crippen molar-refractivity contribution in [3.05, 3.63) is 0 Å². The maximum absolute atomic E-state index is 9.64. The lowest BCUT2D eigenvalue weighted by Crippen LogP contribution is -2.62. The highest BCUT2D eigenvalue weighted by molar-refractivity contribution is 5.75. The van der Waals surface area contributed by atoms with Crippen LogP contribution in [0.15, 0.2) is 0 Å². The molecule has 0 bridgehead atoms. The fourth-order valence-electron chi connectivity index (χ4n) is 4.33. The number of rotatable bonds is 5. The van der Waals surface area contributed by atoms with Crippen molar-refractivity contribution in [3.63, 3.8) is 0 Å². The van der Waals surface area contributed by atoms with Gasteiger partial charge in [0, 0.05) is 17.6 Å². The number of aliphatic hydroxyl groups is 1. The van der Waals surface area contributed by atoms with Crippen LogP contribution in [0.25, 0.3) is 0 Å². The Morgan fingerprint density at radius 1 is 0.870 bits per heavy atom. The van der Waals surface area contributed by atoms with Crippen LogP contribution in [0, 0.1) is 5.41 Å². The summed E-state index contributed by atoms with van der Waals surface area (Å²) in [6.45, 7) is 14.9. The number of hydrogen-bond donors (Lipinski definition) is 3. The van der Waals surface area contributed by atoms with Gasteiger partial charge in [0.2, 0.25) is 0 Å². The van der Waals surface area contributed by atoms with E-state index in [2.05, 4.69) is 46.4 Å². The molecule has 0 aliphatic carbocycles. The van der Waals surface area contributed by atoms with Crippen molar-refractivity contribution in [2.24, 2.45) is 5.41 Å². The predicted octanol–water partition coefficient (Wildman–Crippen LogP) is 2.59. The molecule has 23 heavy (non-hydrogen) atoms. The fourth-order valence-corrected chi connectivity index (χ4v) is 4.33. The van der Waals surface area contributed by atoms with Gasteiger partial charge in [0.05, 0.1) is 19.4 Å². The molecular weight excluding hydrogens is 298 g/mol. The molecule has 3 N–H and O–H groups in total. The molecule has 0 spiro atoms. The minimum Gasteiger partial charge on any atom is -0.481 e.